The minimum absolute atomic E-state index is 0.0966. The summed E-state index contributed by atoms with van der Waals surface area (Å²) in [6.45, 7) is 2.67. The van der Waals surface area contributed by atoms with Crippen LogP contribution in [-0.4, -0.2) is 43.7 Å². The Morgan fingerprint density at radius 1 is 1.23 bits per heavy atom. The smallest absolute Gasteiger partial charge is 0.241 e. The van der Waals surface area contributed by atoms with Gasteiger partial charge in [-0.15, -0.1) is 10.2 Å². The van der Waals surface area contributed by atoms with Crippen molar-refractivity contribution in [2.75, 3.05) is 16.8 Å². The molecule has 0 bridgehead atoms. The van der Waals surface area contributed by atoms with Crippen LogP contribution in [0.5, 0.6) is 0 Å². The SMILES string of the molecule is Cc1cc(N2CCC(Sc3nnc(NC4CCCCC4)s3)C2=O)n(C)n1. The van der Waals surface area contributed by atoms with Crippen molar-refractivity contribution in [2.45, 2.75) is 61.1 Å². The molecular formula is C17H24N6OS2. The van der Waals surface area contributed by atoms with E-state index in [1.807, 2.05) is 24.9 Å². The summed E-state index contributed by atoms with van der Waals surface area (Å²) in [6, 6.07) is 2.48. The van der Waals surface area contributed by atoms with Gasteiger partial charge in [-0.25, -0.2) is 0 Å². The second-order valence-corrected chi connectivity index (χ2v) is 9.43. The highest BCUT2D eigenvalue weighted by Crippen LogP contribution is 2.36. The van der Waals surface area contributed by atoms with Crippen molar-refractivity contribution in [3.63, 3.8) is 0 Å². The first kappa shape index (κ1) is 17.8. The number of rotatable bonds is 5. The lowest BCUT2D eigenvalue weighted by atomic mass is 9.96. The Morgan fingerprint density at radius 2 is 2.04 bits per heavy atom. The number of nitrogens with zero attached hydrogens (tertiary/aromatic N) is 5. The van der Waals surface area contributed by atoms with Crippen LogP contribution in [0, 0.1) is 6.92 Å². The van der Waals surface area contributed by atoms with Crippen molar-refractivity contribution in [3.8, 4) is 0 Å². The number of thioether (sulfide) groups is 1. The predicted molar refractivity (Wildman–Crippen MR) is 105 cm³/mol. The van der Waals surface area contributed by atoms with Crippen molar-refractivity contribution in [2.24, 2.45) is 7.05 Å². The van der Waals surface area contributed by atoms with Gasteiger partial charge >= 0.3 is 0 Å². The molecule has 0 aromatic carbocycles. The number of anilines is 2. The highest BCUT2D eigenvalue weighted by molar-refractivity contribution is 8.02. The average Bonchev–Trinajstić information content (AvgIpc) is 3.30. The van der Waals surface area contributed by atoms with E-state index < -0.39 is 0 Å². The summed E-state index contributed by atoms with van der Waals surface area (Å²) in [5.41, 5.74) is 0.925. The van der Waals surface area contributed by atoms with Crippen LogP contribution in [0.4, 0.5) is 10.9 Å². The molecule has 1 aliphatic carbocycles. The molecule has 2 aliphatic rings. The summed E-state index contributed by atoms with van der Waals surface area (Å²) in [7, 11) is 1.88. The van der Waals surface area contributed by atoms with Crippen LogP contribution in [0.2, 0.25) is 0 Å². The molecule has 1 saturated heterocycles. The Balaban J connectivity index is 1.37. The lowest BCUT2D eigenvalue weighted by Gasteiger charge is -2.21. The highest BCUT2D eigenvalue weighted by Gasteiger charge is 2.35. The van der Waals surface area contributed by atoms with Gasteiger partial charge in [0.05, 0.1) is 10.9 Å². The molecule has 0 radical (unpaired) electrons. The quantitative estimate of drug-likeness (QED) is 0.842. The van der Waals surface area contributed by atoms with Gasteiger partial charge in [-0.1, -0.05) is 42.4 Å². The number of hydrogen-bond donors (Lipinski definition) is 1. The van der Waals surface area contributed by atoms with Crippen molar-refractivity contribution in [1.29, 1.82) is 0 Å². The van der Waals surface area contributed by atoms with Gasteiger partial charge in [-0.2, -0.15) is 5.10 Å². The number of hydrogen-bond acceptors (Lipinski definition) is 7. The predicted octanol–water partition coefficient (Wildman–Crippen LogP) is 3.22. The van der Waals surface area contributed by atoms with E-state index in [2.05, 4.69) is 20.6 Å². The number of aryl methyl sites for hydroxylation is 2. The molecule has 1 saturated carbocycles. The normalized spacial score (nSPS) is 21.5. The van der Waals surface area contributed by atoms with Gasteiger partial charge in [0.2, 0.25) is 11.0 Å². The molecule has 2 aromatic rings. The van der Waals surface area contributed by atoms with Crippen molar-refractivity contribution >= 4 is 40.0 Å². The molecule has 3 heterocycles. The summed E-state index contributed by atoms with van der Waals surface area (Å²) in [5, 5.41) is 17.2. The molecule has 1 N–H and O–H groups in total. The summed E-state index contributed by atoms with van der Waals surface area (Å²) >= 11 is 3.10. The standard InChI is InChI=1S/C17H24N6OS2/c1-11-10-14(22(2)21-11)23-9-8-13(15(23)24)25-17-20-19-16(26-17)18-12-6-4-3-5-7-12/h10,12-13H,3-9H2,1-2H3,(H,18,19). The average molecular weight is 393 g/mol. The highest BCUT2D eigenvalue weighted by atomic mass is 32.2. The van der Waals surface area contributed by atoms with Crippen LogP contribution in [-0.2, 0) is 11.8 Å². The fourth-order valence-electron chi connectivity index (χ4n) is 3.70. The first-order chi connectivity index (χ1) is 12.6. The zero-order valence-electron chi connectivity index (χ0n) is 15.1. The minimum atomic E-state index is -0.0966. The Morgan fingerprint density at radius 3 is 2.77 bits per heavy atom. The van der Waals surface area contributed by atoms with Crippen molar-refractivity contribution in [3.05, 3.63) is 11.8 Å². The maximum Gasteiger partial charge on any atom is 0.241 e. The van der Waals surface area contributed by atoms with Crippen LogP contribution in [0.3, 0.4) is 0 Å². The second kappa shape index (κ2) is 7.56. The summed E-state index contributed by atoms with van der Waals surface area (Å²) in [4.78, 5) is 14.6. The summed E-state index contributed by atoms with van der Waals surface area (Å²) in [6.07, 6.45) is 7.16. The van der Waals surface area contributed by atoms with Gasteiger partial charge in [0.25, 0.3) is 0 Å². The van der Waals surface area contributed by atoms with Gasteiger partial charge in [-0.05, 0) is 26.2 Å². The zero-order valence-corrected chi connectivity index (χ0v) is 16.8. The van der Waals surface area contributed by atoms with Crippen molar-refractivity contribution < 1.29 is 4.79 Å². The second-order valence-electron chi connectivity index (χ2n) is 7.00. The van der Waals surface area contributed by atoms with Crippen LogP contribution in [0.1, 0.15) is 44.2 Å². The number of aromatic nitrogens is 4. The fraction of sp³-hybridized carbons (Fsp3) is 0.647. The Hall–Kier alpha value is -1.61. The molecule has 26 heavy (non-hydrogen) atoms. The molecule has 1 atom stereocenters. The summed E-state index contributed by atoms with van der Waals surface area (Å²) < 4.78 is 2.64. The lowest BCUT2D eigenvalue weighted by Crippen LogP contribution is -2.29. The first-order valence-corrected chi connectivity index (χ1v) is 10.9. The molecular weight excluding hydrogens is 368 g/mol. The molecule has 7 nitrogen and oxygen atoms in total. The van der Waals surface area contributed by atoms with E-state index in [-0.39, 0.29) is 11.2 Å². The third-order valence-electron chi connectivity index (χ3n) is 4.99. The molecule has 1 aliphatic heterocycles. The maximum absolute atomic E-state index is 12.8. The van der Waals surface area contributed by atoms with Gasteiger partial charge in [0.1, 0.15) is 5.82 Å². The van der Waals surface area contributed by atoms with E-state index >= 15 is 0 Å². The molecule has 1 unspecified atom stereocenters. The van der Waals surface area contributed by atoms with Crippen LogP contribution in [0.15, 0.2) is 10.4 Å². The van der Waals surface area contributed by atoms with E-state index in [1.165, 1.54) is 43.9 Å². The largest absolute Gasteiger partial charge is 0.357 e. The van der Waals surface area contributed by atoms with Gasteiger partial charge in [0.15, 0.2) is 4.34 Å². The molecule has 4 rings (SSSR count). The number of carbonyl (C=O) groups is 1. The van der Waals surface area contributed by atoms with Crippen molar-refractivity contribution in [1.82, 2.24) is 20.0 Å². The van der Waals surface area contributed by atoms with E-state index in [4.69, 9.17) is 0 Å². The Labute approximate surface area is 161 Å². The number of carbonyl (C=O) groups excluding carboxylic acids is 1. The minimum Gasteiger partial charge on any atom is -0.357 e. The zero-order chi connectivity index (χ0) is 18.1. The number of amides is 1. The van der Waals surface area contributed by atoms with Gasteiger partial charge in [0, 0.05) is 25.7 Å². The van der Waals surface area contributed by atoms with E-state index in [0.717, 1.165) is 33.9 Å². The molecule has 2 fully saturated rings. The van der Waals surface area contributed by atoms with Crippen LogP contribution >= 0.6 is 23.1 Å². The summed E-state index contributed by atoms with van der Waals surface area (Å²) in [5.74, 6) is 1.00. The number of nitrogens with one attached hydrogen (secondary N) is 1. The maximum atomic E-state index is 12.8. The Bertz CT molecular complexity index is 782. The fourth-order valence-corrected chi connectivity index (χ4v) is 5.81. The third kappa shape index (κ3) is 3.73. The monoisotopic (exact) mass is 392 g/mol. The van der Waals surface area contributed by atoms with Crippen LogP contribution < -0.4 is 10.2 Å². The van der Waals surface area contributed by atoms with Gasteiger partial charge in [-0.3, -0.25) is 14.4 Å². The van der Waals surface area contributed by atoms with E-state index in [9.17, 15) is 4.79 Å². The third-order valence-corrected chi connectivity index (χ3v) is 7.19. The topological polar surface area (TPSA) is 75.9 Å². The molecule has 0 spiro atoms. The Kier molecular flexibility index (Phi) is 5.17. The van der Waals surface area contributed by atoms with E-state index in [1.54, 1.807) is 16.0 Å². The van der Waals surface area contributed by atoms with Crippen LogP contribution in [0.25, 0.3) is 0 Å². The molecule has 140 valence electrons. The molecule has 2 aromatic heterocycles. The lowest BCUT2D eigenvalue weighted by molar-refractivity contribution is -0.116. The molecule has 9 heteroatoms. The first-order valence-electron chi connectivity index (χ1n) is 9.19. The van der Waals surface area contributed by atoms with Gasteiger partial charge < -0.3 is 5.32 Å². The van der Waals surface area contributed by atoms with E-state index in [0.29, 0.717) is 6.04 Å². The molecule has 1 amide bonds.